The van der Waals surface area contributed by atoms with E-state index in [2.05, 4.69) is 13.0 Å². The summed E-state index contributed by atoms with van der Waals surface area (Å²) in [4.78, 5) is 24.2. The summed E-state index contributed by atoms with van der Waals surface area (Å²) in [5.74, 6) is -0.457. The van der Waals surface area contributed by atoms with Gasteiger partial charge in [0, 0.05) is 17.4 Å². The van der Waals surface area contributed by atoms with Gasteiger partial charge in [0.15, 0.2) is 5.60 Å². The quantitative estimate of drug-likeness (QED) is 0.380. The molecule has 5 heteroatoms. The van der Waals surface area contributed by atoms with E-state index in [9.17, 15) is 9.59 Å². The highest BCUT2D eigenvalue weighted by Crippen LogP contribution is 2.69. The lowest BCUT2D eigenvalue weighted by Crippen LogP contribution is -2.56. The molecule has 0 aromatic heterocycles. The fraction of sp³-hybridized carbons (Fsp3) is 0.625. The molecule has 110 valence electrons. The van der Waals surface area contributed by atoms with Crippen LogP contribution in [0, 0.1) is 16.7 Å². The normalized spacial score (nSPS) is 55.7. The van der Waals surface area contributed by atoms with E-state index in [4.69, 9.17) is 14.2 Å². The van der Waals surface area contributed by atoms with Crippen LogP contribution in [0.15, 0.2) is 23.8 Å². The van der Waals surface area contributed by atoms with Gasteiger partial charge in [-0.2, -0.15) is 0 Å². The second-order valence-corrected chi connectivity index (χ2v) is 7.25. The topological polar surface area (TPSA) is 65.1 Å². The van der Waals surface area contributed by atoms with Gasteiger partial charge in [0.05, 0.1) is 5.41 Å². The van der Waals surface area contributed by atoms with E-state index >= 15 is 0 Å². The number of carbonyl (C=O) groups is 2. The summed E-state index contributed by atoms with van der Waals surface area (Å²) in [6.45, 7) is 4.28. The van der Waals surface area contributed by atoms with E-state index in [1.165, 1.54) is 0 Å². The second-order valence-electron chi connectivity index (χ2n) is 7.25. The molecule has 5 nitrogen and oxygen atoms in total. The van der Waals surface area contributed by atoms with Crippen molar-refractivity contribution in [2.24, 2.45) is 16.7 Å². The Hall–Kier alpha value is -1.62. The smallest absolute Gasteiger partial charge is 0.330 e. The van der Waals surface area contributed by atoms with Gasteiger partial charge in [0.1, 0.15) is 18.8 Å². The van der Waals surface area contributed by atoms with E-state index in [1.54, 1.807) is 6.08 Å². The first-order valence-corrected chi connectivity index (χ1v) is 7.38. The molecule has 2 saturated heterocycles. The van der Waals surface area contributed by atoms with Gasteiger partial charge in [0.25, 0.3) is 0 Å². The molecule has 0 aromatic carbocycles. The number of ether oxygens (including phenoxy) is 3. The maximum Gasteiger partial charge on any atom is 0.330 e. The van der Waals surface area contributed by atoms with E-state index in [-0.39, 0.29) is 36.7 Å². The molecule has 0 N–H and O–H groups in total. The van der Waals surface area contributed by atoms with Crippen LogP contribution in [-0.2, 0) is 23.8 Å². The third kappa shape index (κ3) is 1.09. The fourth-order valence-corrected chi connectivity index (χ4v) is 5.18. The number of rotatable bonds is 0. The minimum atomic E-state index is -0.572. The molecular formula is C16H16O5. The predicted molar refractivity (Wildman–Crippen MR) is 70.0 cm³/mol. The molecule has 0 aromatic rings. The van der Waals surface area contributed by atoms with Gasteiger partial charge in [-0.15, -0.1) is 0 Å². The molecule has 0 amide bonds. The van der Waals surface area contributed by atoms with Gasteiger partial charge >= 0.3 is 11.9 Å². The van der Waals surface area contributed by atoms with Crippen LogP contribution in [0.5, 0.6) is 0 Å². The standard InChI is InChI=1S/C16H16O5/c1-14-4-3-5-15(2)11(14)10(20-13(15)18)12-16(21-12)7-19-9(17)6-8(14)16/h3-4,6,10-12H,5,7H2,1-2H3/t10-,11?,12+,14+,15-,16-/m0/s1. The first-order chi connectivity index (χ1) is 9.92. The molecule has 3 fully saturated rings. The molecule has 0 radical (unpaired) electrons. The highest BCUT2D eigenvalue weighted by molar-refractivity contribution is 5.87. The Morgan fingerprint density at radius 1 is 1.29 bits per heavy atom. The number of carbonyl (C=O) groups excluding carboxylic acids is 2. The zero-order valence-electron chi connectivity index (χ0n) is 11.9. The van der Waals surface area contributed by atoms with Crippen molar-refractivity contribution in [3.63, 3.8) is 0 Å². The van der Waals surface area contributed by atoms with E-state index in [1.807, 2.05) is 13.0 Å². The van der Waals surface area contributed by atoms with Gasteiger partial charge < -0.3 is 14.2 Å². The Bertz CT molecular complexity index is 664. The van der Waals surface area contributed by atoms with Crippen LogP contribution in [0.4, 0.5) is 0 Å². The number of esters is 2. The number of hydrogen-bond acceptors (Lipinski definition) is 5. The average molecular weight is 288 g/mol. The Morgan fingerprint density at radius 2 is 2.10 bits per heavy atom. The average Bonchev–Trinajstić information content (AvgIpc) is 3.08. The van der Waals surface area contributed by atoms with Crippen LogP contribution in [0.25, 0.3) is 0 Å². The SMILES string of the molecule is C[C@]12C=CC[C@]3(C)C(=O)O[C@@H](C13)[C@H]1O[C@]13COC(=O)C=C32. The number of epoxide rings is 1. The number of cyclic esters (lactones) is 1. The van der Waals surface area contributed by atoms with Gasteiger partial charge in [-0.3, -0.25) is 4.79 Å². The van der Waals surface area contributed by atoms with Crippen molar-refractivity contribution in [2.45, 2.75) is 38.1 Å². The van der Waals surface area contributed by atoms with Crippen LogP contribution in [0.2, 0.25) is 0 Å². The summed E-state index contributed by atoms with van der Waals surface area (Å²) in [5.41, 5.74) is -0.542. The third-order valence-electron chi connectivity index (χ3n) is 6.14. The molecule has 1 saturated carbocycles. The zero-order valence-corrected chi connectivity index (χ0v) is 11.9. The molecule has 3 heterocycles. The summed E-state index contributed by atoms with van der Waals surface area (Å²) in [6, 6.07) is 0. The fourth-order valence-electron chi connectivity index (χ4n) is 5.18. The van der Waals surface area contributed by atoms with Crippen LogP contribution in [0.3, 0.4) is 0 Å². The van der Waals surface area contributed by atoms with E-state index < -0.39 is 16.4 Å². The first kappa shape index (κ1) is 12.0. The monoisotopic (exact) mass is 288 g/mol. The molecule has 5 aliphatic rings. The largest absolute Gasteiger partial charge is 0.459 e. The number of allylic oxidation sites excluding steroid dienone is 2. The van der Waals surface area contributed by atoms with Crippen molar-refractivity contribution in [2.75, 3.05) is 6.61 Å². The van der Waals surface area contributed by atoms with Crippen molar-refractivity contribution in [3.05, 3.63) is 23.8 Å². The second kappa shape index (κ2) is 3.09. The molecule has 0 bridgehead atoms. The Kier molecular flexibility index (Phi) is 1.76. The van der Waals surface area contributed by atoms with Gasteiger partial charge in [-0.25, -0.2) is 4.79 Å². The van der Waals surface area contributed by atoms with Crippen molar-refractivity contribution in [3.8, 4) is 0 Å². The molecule has 5 rings (SSSR count). The van der Waals surface area contributed by atoms with Crippen molar-refractivity contribution >= 4 is 11.9 Å². The molecule has 6 atom stereocenters. The minimum Gasteiger partial charge on any atom is -0.459 e. The van der Waals surface area contributed by atoms with Crippen molar-refractivity contribution in [1.29, 1.82) is 0 Å². The lowest BCUT2D eigenvalue weighted by atomic mass is 9.50. The highest BCUT2D eigenvalue weighted by Gasteiger charge is 2.80. The van der Waals surface area contributed by atoms with Crippen LogP contribution in [0.1, 0.15) is 20.3 Å². The van der Waals surface area contributed by atoms with Crippen molar-refractivity contribution < 1.29 is 23.8 Å². The van der Waals surface area contributed by atoms with E-state index in [0.717, 1.165) is 5.57 Å². The van der Waals surface area contributed by atoms with Gasteiger partial charge in [-0.1, -0.05) is 19.1 Å². The summed E-state index contributed by atoms with van der Waals surface area (Å²) < 4.78 is 16.8. The molecule has 1 spiro atoms. The third-order valence-corrected chi connectivity index (χ3v) is 6.14. The highest BCUT2D eigenvalue weighted by atomic mass is 16.7. The summed E-state index contributed by atoms with van der Waals surface area (Å²) in [7, 11) is 0. The Morgan fingerprint density at radius 3 is 2.90 bits per heavy atom. The molecule has 2 aliphatic carbocycles. The molecule has 21 heavy (non-hydrogen) atoms. The van der Waals surface area contributed by atoms with Crippen LogP contribution in [-0.4, -0.2) is 36.4 Å². The molecular weight excluding hydrogens is 272 g/mol. The lowest BCUT2D eigenvalue weighted by Gasteiger charge is -2.50. The molecule has 1 unspecified atom stereocenters. The van der Waals surface area contributed by atoms with Gasteiger partial charge in [0.2, 0.25) is 0 Å². The maximum absolute atomic E-state index is 12.4. The van der Waals surface area contributed by atoms with Crippen LogP contribution >= 0.6 is 0 Å². The Labute approximate surface area is 121 Å². The summed E-state index contributed by atoms with van der Waals surface area (Å²) in [5, 5.41) is 0. The molecule has 3 aliphatic heterocycles. The number of hydrogen-bond donors (Lipinski definition) is 0. The zero-order chi connectivity index (χ0) is 14.6. The predicted octanol–water partition coefficient (Wildman–Crippen LogP) is 1.13. The summed E-state index contributed by atoms with van der Waals surface area (Å²) >= 11 is 0. The van der Waals surface area contributed by atoms with Gasteiger partial charge in [-0.05, 0) is 18.9 Å². The first-order valence-electron chi connectivity index (χ1n) is 7.38. The van der Waals surface area contributed by atoms with E-state index in [0.29, 0.717) is 6.42 Å². The summed E-state index contributed by atoms with van der Waals surface area (Å²) in [6.07, 6.45) is 5.99. The van der Waals surface area contributed by atoms with Crippen LogP contribution < -0.4 is 0 Å². The minimum absolute atomic E-state index is 0.0141. The maximum atomic E-state index is 12.4. The lowest BCUT2D eigenvalue weighted by molar-refractivity contribution is -0.148. The number of fused-ring (bicyclic) bond motifs is 2. The Balaban J connectivity index is 1.77. The van der Waals surface area contributed by atoms with Crippen molar-refractivity contribution in [1.82, 2.24) is 0 Å².